The number of nitrogens with one attached hydrogen (secondary N) is 1. The standard InChI is InChI=1S/C16H21N5O2/c1-10-12(7-19-20-10)13-11-5-6-21(14(11)18-8-17-13)9-23-15(22)16(2,3)4/h5-8,10,12,20H,9H2,1-4H3. The van der Waals surface area contributed by atoms with Gasteiger partial charge in [0.1, 0.15) is 12.0 Å². The van der Waals surface area contributed by atoms with Crippen LogP contribution in [0.4, 0.5) is 0 Å². The zero-order chi connectivity index (χ0) is 16.6. The van der Waals surface area contributed by atoms with Crippen LogP contribution in [0.15, 0.2) is 23.7 Å². The summed E-state index contributed by atoms with van der Waals surface area (Å²) in [5.41, 5.74) is 4.19. The lowest BCUT2D eigenvalue weighted by Crippen LogP contribution is -2.24. The predicted molar refractivity (Wildman–Crippen MR) is 86.9 cm³/mol. The molecule has 2 atom stereocenters. The van der Waals surface area contributed by atoms with Crippen LogP contribution in [0.3, 0.4) is 0 Å². The lowest BCUT2D eigenvalue weighted by atomic mass is 9.98. The predicted octanol–water partition coefficient (Wildman–Crippen LogP) is 2.04. The number of ether oxygens (including phenoxy) is 1. The Morgan fingerprint density at radius 2 is 2.17 bits per heavy atom. The Morgan fingerprint density at radius 1 is 1.39 bits per heavy atom. The number of carbonyl (C=O) groups is 1. The first kappa shape index (κ1) is 15.5. The number of rotatable bonds is 3. The molecule has 2 aromatic heterocycles. The van der Waals surface area contributed by atoms with Crippen LogP contribution >= 0.6 is 0 Å². The maximum Gasteiger partial charge on any atom is 0.312 e. The van der Waals surface area contributed by atoms with Gasteiger partial charge in [0.25, 0.3) is 0 Å². The first-order chi connectivity index (χ1) is 10.9. The molecule has 0 aromatic carbocycles. The number of esters is 1. The molecule has 3 rings (SSSR count). The molecule has 0 amide bonds. The SMILES string of the molecule is CC1NN=CC1c1ncnc2c1ccn2COC(=O)C(C)(C)C. The van der Waals surface area contributed by atoms with Crippen LogP contribution in [0.5, 0.6) is 0 Å². The van der Waals surface area contributed by atoms with Crippen molar-refractivity contribution in [2.24, 2.45) is 10.5 Å². The van der Waals surface area contributed by atoms with E-state index in [4.69, 9.17) is 4.74 Å². The smallest absolute Gasteiger partial charge is 0.312 e. The summed E-state index contributed by atoms with van der Waals surface area (Å²) >= 11 is 0. The number of hydrogen-bond acceptors (Lipinski definition) is 6. The van der Waals surface area contributed by atoms with Gasteiger partial charge in [0.15, 0.2) is 6.73 Å². The van der Waals surface area contributed by atoms with E-state index < -0.39 is 5.41 Å². The van der Waals surface area contributed by atoms with Crippen molar-refractivity contribution in [2.75, 3.05) is 0 Å². The highest BCUT2D eigenvalue weighted by molar-refractivity contribution is 5.84. The van der Waals surface area contributed by atoms with E-state index in [1.807, 2.05) is 43.8 Å². The fourth-order valence-corrected chi connectivity index (χ4v) is 2.50. The third-order valence-corrected chi connectivity index (χ3v) is 3.90. The molecule has 0 radical (unpaired) electrons. The van der Waals surface area contributed by atoms with E-state index in [2.05, 4.69) is 27.4 Å². The highest BCUT2D eigenvalue weighted by Crippen LogP contribution is 2.26. The number of nitrogens with zero attached hydrogens (tertiary/aromatic N) is 4. The molecule has 7 heteroatoms. The minimum atomic E-state index is -0.523. The van der Waals surface area contributed by atoms with Gasteiger partial charge in [-0.05, 0) is 33.8 Å². The fourth-order valence-electron chi connectivity index (χ4n) is 2.50. The molecular weight excluding hydrogens is 294 g/mol. The van der Waals surface area contributed by atoms with E-state index >= 15 is 0 Å². The summed E-state index contributed by atoms with van der Waals surface area (Å²) in [6.45, 7) is 7.70. The van der Waals surface area contributed by atoms with Gasteiger partial charge in [0.2, 0.25) is 0 Å². The number of carbonyl (C=O) groups excluding carboxylic acids is 1. The molecule has 0 aliphatic carbocycles. The first-order valence-corrected chi connectivity index (χ1v) is 7.63. The summed E-state index contributed by atoms with van der Waals surface area (Å²) in [4.78, 5) is 20.7. The molecule has 2 aromatic rings. The molecule has 2 unspecified atom stereocenters. The van der Waals surface area contributed by atoms with Crippen molar-refractivity contribution in [1.82, 2.24) is 20.0 Å². The Labute approximate surface area is 134 Å². The van der Waals surface area contributed by atoms with E-state index in [0.29, 0.717) is 0 Å². The van der Waals surface area contributed by atoms with Crippen molar-refractivity contribution >= 4 is 23.2 Å². The zero-order valence-electron chi connectivity index (χ0n) is 13.8. The quantitative estimate of drug-likeness (QED) is 0.877. The second kappa shape index (κ2) is 5.64. The summed E-state index contributed by atoms with van der Waals surface area (Å²) in [5.74, 6) is -0.136. The Morgan fingerprint density at radius 3 is 2.83 bits per heavy atom. The molecule has 0 bridgehead atoms. The molecule has 23 heavy (non-hydrogen) atoms. The summed E-state index contributed by atoms with van der Waals surface area (Å²) in [7, 11) is 0. The van der Waals surface area contributed by atoms with E-state index in [1.54, 1.807) is 6.33 Å². The van der Waals surface area contributed by atoms with E-state index in [1.165, 1.54) is 0 Å². The second-order valence-corrected chi connectivity index (χ2v) is 6.81. The summed E-state index contributed by atoms with van der Waals surface area (Å²) in [6.07, 6.45) is 5.27. The average molecular weight is 315 g/mol. The van der Waals surface area contributed by atoms with Gasteiger partial charge in [-0.25, -0.2) is 9.97 Å². The number of fused-ring (bicyclic) bond motifs is 1. The first-order valence-electron chi connectivity index (χ1n) is 7.63. The van der Waals surface area contributed by atoms with Crippen LogP contribution in [0.25, 0.3) is 11.0 Å². The average Bonchev–Trinajstić information content (AvgIpc) is 3.09. The topological polar surface area (TPSA) is 81.4 Å². The Balaban J connectivity index is 1.87. The van der Waals surface area contributed by atoms with E-state index in [9.17, 15) is 4.79 Å². The Hall–Kier alpha value is -2.44. The lowest BCUT2D eigenvalue weighted by Gasteiger charge is -2.17. The summed E-state index contributed by atoms with van der Waals surface area (Å²) in [6, 6.07) is 2.14. The van der Waals surface area contributed by atoms with Crippen molar-refractivity contribution in [3.05, 3.63) is 24.3 Å². The molecule has 1 aliphatic rings. The largest absolute Gasteiger partial charge is 0.443 e. The Kier molecular flexibility index (Phi) is 3.79. The van der Waals surface area contributed by atoms with Crippen molar-refractivity contribution < 1.29 is 9.53 Å². The van der Waals surface area contributed by atoms with Crippen molar-refractivity contribution in [3.63, 3.8) is 0 Å². The van der Waals surface area contributed by atoms with Crippen LogP contribution in [0, 0.1) is 5.41 Å². The molecule has 0 spiro atoms. The van der Waals surface area contributed by atoms with Crippen LogP contribution < -0.4 is 5.43 Å². The third kappa shape index (κ3) is 2.91. The minimum absolute atomic E-state index is 0.105. The normalized spacial score (nSPS) is 20.7. The van der Waals surface area contributed by atoms with E-state index in [0.717, 1.165) is 16.7 Å². The van der Waals surface area contributed by atoms with Crippen LogP contribution in [0.1, 0.15) is 39.3 Å². The number of hydrogen-bond donors (Lipinski definition) is 1. The lowest BCUT2D eigenvalue weighted by molar-refractivity contribution is -0.156. The molecule has 122 valence electrons. The number of aromatic nitrogens is 3. The van der Waals surface area contributed by atoms with Crippen molar-refractivity contribution in [1.29, 1.82) is 0 Å². The second-order valence-electron chi connectivity index (χ2n) is 6.81. The molecule has 1 N–H and O–H groups in total. The van der Waals surface area contributed by atoms with Gasteiger partial charge in [-0.3, -0.25) is 9.36 Å². The van der Waals surface area contributed by atoms with Crippen LogP contribution in [-0.4, -0.2) is 32.8 Å². The molecule has 0 saturated heterocycles. The molecule has 0 saturated carbocycles. The summed E-state index contributed by atoms with van der Waals surface area (Å²) in [5, 5.41) is 5.06. The van der Waals surface area contributed by atoms with Gasteiger partial charge in [0.05, 0.1) is 23.1 Å². The van der Waals surface area contributed by atoms with E-state index in [-0.39, 0.29) is 24.7 Å². The summed E-state index contributed by atoms with van der Waals surface area (Å²) < 4.78 is 7.18. The fraction of sp³-hybridized carbons (Fsp3) is 0.500. The zero-order valence-corrected chi connectivity index (χ0v) is 13.8. The van der Waals surface area contributed by atoms with Gasteiger partial charge in [0, 0.05) is 17.8 Å². The van der Waals surface area contributed by atoms with Crippen LogP contribution in [0.2, 0.25) is 0 Å². The molecular formula is C16H21N5O2. The highest BCUT2D eigenvalue weighted by atomic mass is 16.5. The molecule has 3 heterocycles. The van der Waals surface area contributed by atoms with Crippen molar-refractivity contribution in [3.8, 4) is 0 Å². The minimum Gasteiger partial charge on any atom is -0.443 e. The molecule has 7 nitrogen and oxygen atoms in total. The maximum atomic E-state index is 11.9. The Bertz CT molecular complexity index is 759. The van der Waals surface area contributed by atoms with Gasteiger partial charge in [-0.15, -0.1) is 0 Å². The van der Waals surface area contributed by atoms with Gasteiger partial charge >= 0.3 is 5.97 Å². The third-order valence-electron chi connectivity index (χ3n) is 3.90. The van der Waals surface area contributed by atoms with Gasteiger partial charge < -0.3 is 10.2 Å². The molecule has 1 aliphatic heterocycles. The van der Waals surface area contributed by atoms with Crippen molar-refractivity contribution in [2.45, 2.75) is 46.4 Å². The van der Waals surface area contributed by atoms with Gasteiger partial charge in [-0.2, -0.15) is 5.10 Å². The monoisotopic (exact) mass is 315 g/mol. The molecule has 0 fully saturated rings. The highest BCUT2D eigenvalue weighted by Gasteiger charge is 2.26. The van der Waals surface area contributed by atoms with Crippen LogP contribution in [-0.2, 0) is 16.3 Å². The maximum absolute atomic E-state index is 11.9. The number of hydrazone groups is 1. The van der Waals surface area contributed by atoms with Gasteiger partial charge in [-0.1, -0.05) is 0 Å².